The minimum atomic E-state index is -0.259. The Morgan fingerprint density at radius 2 is 2.29 bits per heavy atom. The van der Waals surface area contributed by atoms with E-state index >= 15 is 0 Å². The maximum Gasteiger partial charge on any atom is 0.134 e. The Bertz CT molecular complexity index is 499. The maximum absolute atomic E-state index is 13.5. The molecule has 2 aromatic rings. The second-order valence-electron chi connectivity index (χ2n) is 3.03. The van der Waals surface area contributed by atoms with Gasteiger partial charge in [-0.2, -0.15) is 5.10 Å². The van der Waals surface area contributed by atoms with Gasteiger partial charge in [0.2, 0.25) is 0 Å². The van der Waals surface area contributed by atoms with Gasteiger partial charge in [-0.15, -0.1) is 0 Å². The highest BCUT2D eigenvalue weighted by molar-refractivity contribution is 5.97. The van der Waals surface area contributed by atoms with Crippen molar-refractivity contribution in [1.82, 2.24) is 9.78 Å². The van der Waals surface area contributed by atoms with Crippen molar-refractivity contribution in [2.24, 2.45) is 12.0 Å². The molecule has 1 aromatic carbocycles. The minimum Gasteiger partial charge on any atom is -0.294 e. The zero-order chi connectivity index (χ0) is 10.1. The SMILES string of the molecule is C/N=C/c1nn(C)c2cccc(F)c12. The van der Waals surface area contributed by atoms with Crippen LogP contribution in [0.2, 0.25) is 0 Å². The molecule has 0 spiro atoms. The van der Waals surface area contributed by atoms with Crippen molar-refractivity contribution >= 4 is 17.1 Å². The monoisotopic (exact) mass is 191 g/mol. The van der Waals surface area contributed by atoms with Gasteiger partial charge in [0.15, 0.2) is 0 Å². The number of benzene rings is 1. The molecule has 3 nitrogen and oxygen atoms in total. The zero-order valence-corrected chi connectivity index (χ0v) is 8.03. The summed E-state index contributed by atoms with van der Waals surface area (Å²) >= 11 is 0. The van der Waals surface area contributed by atoms with Crippen LogP contribution in [-0.2, 0) is 7.05 Å². The van der Waals surface area contributed by atoms with E-state index < -0.39 is 0 Å². The number of nitrogens with zero attached hydrogens (tertiary/aromatic N) is 3. The van der Waals surface area contributed by atoms with Crippen molar-refractivity contribution in [2.45, 2.75) is 0 Å². The first-order valence-corrected chi connectivity index (χ1v) is 4.27. The van der Waals surface area contributed by atoms with E-state index in [0.29, 0.717) is 11.1 Å². The molecule has 14 heavy (non-hydrogen) atoms. The van der Waals surface area contributed by atoms with Gasteiger partial charge < -0.3 is 0 Å². The summed E-state index contributed by atoms with van der Waals surface area (Å²) < 4.78 is 15.1. The Kier molecular flexibility index (Phi) is 2.04. The number of hydrogen-bond donors (Lipinski definition) is 0. The largest absolute Gasteiger partial charge is 0.294 e. The Balaban J connectivity index is 2.85. The molecule has 0 aliphatic rings. The summed E-state index contributed by atoms with van der Waals surface area (Å²) in [4.78, 5) is 3.84. The first-order valence-electron chi connectivity index (χ1n) is 4.27. The van der Waals surface area contributed by atoms with E-state index in [9.17, 15) is 4.39 Å². The number of rotatable bonds is 1. The van der Waals surface area contributed by atoms with E-state index in [1.54, 1.807) is 31.1 Å². The van der Waals surface area contributed by atoms with Crippen LogP contribution in [0.3, 0.4) is 0 Å². The lowest BCUT2D eigenvalue weighted by Crippen LogP contribution is -1.90. The molecule has 0 saturated carbocycles. The van der Waals surface area contributed by atoms with E-state index in [4.69, 9.17) is 0 Å². The summed E-state index contributed by atoms with van der Waals surface area (Å²) in [5.74, 6) is -0.259. The molecule has 0 unspecified atom stereocenters. The second kappa shape index (κ2) is 3.21. The average Bonchev–Trinajstić information content (AvgIpc) is 2.46. The van der Waals surface area contributed by atoms with Gasteiger partial charge in [0, 0.05) is 20.3 Å². The van der Waals surface area contributed by atoms with Crippen LogP contribution in [0.5, 0.6) is 0 Å². The van der Waals surface area contributed by atoms with Crippen LogP contribution in [0, 0.1) is 5.82 Å². The third-order valence-corrected chi connectivity index (χ3v) is 2.11. The molecule has 0 bridgehead atoms. The van der Waals surface area contributed by atoms with Crippen LogP contribution in [0.15, 0.2) is 23.2 Å². The van der Waals surface area contributed by atoms with Gasteiger partial charge in [0.05, 0.1) is 10.9 Å². The standard InChI is InChI=1S/C10H10FN3/c1-12-6-8-10-7(11)4-3-5-9(10)14(2)13-8/h3-6H,1-2H3/b12-6+. The summed E-state index contributed by atoms with van der Waals surface area (Å²) in [6.07, 6.45) is 1.56. The predicted molar refractivity (Wildman–Crippen MR) is 54.2 cm³/mol. The first kappa shape index (κ1) is 8.87. The highest BCUT2D eigenvalue weighted by Gasteiger charge is 2.10. The third kappa shape index (κ3) is 1.19. The van der Waals surface area contributed by atoms with Crippen molar-refractivity contribution in [3.8, 4) is 0 Å². The van der Waals surface area contributed by atoms with Crippen molar-refractivity contribution < 1.29 is 4.39 Å². The molecular weight excluding hydrogens is 181 g/mol. The number of hydrogen-bond acceptors (Lipinski definition) is 2. The molecule has 0 amide bonds. The molecule has 4 heteroatoms. The van der Waals surface area contributed by atoms with Gasteiger partial charge >= 0.3 is 0 Å². The number of aryl methyl sites for hydroxylation is 1. The van der Waals surface area contributed by atoms with Gasteiger partial charge in [-0.25, -0.2) is 4.39 Å². The Labute approximate surface area is 80.9 Å². The fraction of sp³-hybridized carbons (Fsp3) is 0.200. The van der Waals surface area contributed by atoms with Gasteiger partial charge in [-0.05, 0) is 12.1 Å². The second-order valence-corrected chi connectivity index (χ2v) is 3.03. The van der Waals surface area contributed by atoms with Gasteiger partial charge in [0.1, 0.15) is 11.5 Å². The lowest BCUT2D eigenvalue weighted by Gasteiger charge is -1.93. The Hall–Kier alpha value is -1.71. The summed E-state index contributed by atoms with van der Waals surface area (Å²) in [5, 5.41) is 4.70. The summed E-state index contributed by atoms with van der Waals surface area (Å²) in [6, 6.07) is 4.93. The first-order chi connectivity index (χ1) is 6.74. The Morgan fingerprint density at radius 3 is 3.00 bits per heavy atom. The molecule has 0 saturated heterocycles. The highest BCUT2D eigenvalue weighted by atomic mass is 19.1. The molecule has 0 atom stereocenters. The van der Waals surface area contributed by atoms with Gasteiger partial charge in [-0.3, -0.25) is 9.67 Å². The molecular formula is C10H10FN3. The third-order valence-electron chi connectivity index (χ3n) is 2.11. The molecule has 0 fully saturated rings. The summed E-state index contributed by atoms with van der Waals surface area (Å²) in [6.45, 7) is 0. The van der Waals surface area contributed by atoms with Crippen LogP contribution >= 0.6 is 0 Å². The molecule has 0 aliphatic carbocycles. The van der Waals surface area contributed by atoms with E-state index in [2.05, 4.69) is 10.1 Å². The minimum absolute atomic E-state index is 0.259. The highest BCUT2D eigenvalue weighted by Crippen LogP contribution is 2.19. The van der Waals surface area contributed by atoms with Crippen molar-refractivity contribution in [3.05, 3.63) is 29.7 Å². The fourth-order valence-electron chi connectivity index (χ4n) is 1.51. The summed E-state index contributed by atoms with van der Waals surface area (Å²) in [7, 11) is 3.43. The lowest BCUT2D eigenvalue weighted by atomic mass is 10.2. The number of fused-ring (bicyclic) bond motifs is 1. The number of aromatic nitrogens is 2. The molecule has 2 rings (SSSR count). The number of halogens is 1. The quantitative estimate of drug-likeness (QED) is 0.632. The van der Waals surface area contributed by atoms with Crippen molar-refractivity contribution in [3.63, 3.8) is 0 Å². The maximum atomic E-state index is 13.5. The molecule has 72 valence electrons. The van der Waals surface area contributed by atoms with Crippen LogP contribution in [-0.4, -0.2) is 23.0 Å². The smallest absolute Gasteiger partial charge is 0.134 e. The molecule has 1 aromatic heterocycles. The van der Waals surface area contributed by atoms with Crippen LogP contribution < -0.4 is 0 Å². The number of aliphatic imine (C=N–C) groups is 1. The Morgan fingerprint density at radius 1 is 1.50 bits per heavy atom. The van der Waals surface area contributed by atoms with E-state index in [1.165, 1.54) is 6.07 Å². The zero-order valence-electron chi connectivity index (χ0n) is 8.03. The van der Waals surface area contributed by atoms with E-state index in [-0.39, 0.29) is 5.82 Å². The van der Waals surface area contributed by atoms with Gasteiger partial charge in [0.25, 0.3) is 0 Å². The molecule has 0 aliphatic heterocycles. The molecule has 0 radical (unpaired) electrons. The normalized spacial score (nSPS) is 11.6. The molecule has 0 N–H and O–H groups in total. The fourth-order valence-corrected chi connectivity index (χ4v) is 1.51. The lowest BCUT2D eigenvalue weighted by molar-refractivity contribution is 0.639. The van der Waals surface area contributed by atoms with E-state index in [1.807, 2.05) is 6.07 Å². The topological polar surface area (TPSA) is 30.2 Å². The van der Waals surface area contributed by atoms with Crippen LogP contribution in [0.1, 0.15) is 5.69 Å². The average molecular weight is 191 g/mol. The molecule has 1 heterocycles. The predicted octanol–water partition coefficient (Wildman–Crippen LogP) is 1.76. The van der Waals surface area contributed by atoms with E-state index in [0.717, 1.165) is 5.52 Å². The summed E-state index contributed by atoms with van der Waals surface area (Å²) in [5.41, 5.74) is 1.35. The van der Waals surface area contributed by atoms with Crippen molar-refractivity contribution in [1.29, 1.82) is 0 Å². The van der Waals surface area contributed by atoms with Gasteiger partial charge in [-0.1, -0.05) is 6.07 Å². The van der Waals surface area contributed by atoms with Crippen molar-refractivity contribution in [2.75, 3.05) is 7.05 Å². The van der Waals surface area contributed by atoms with Crippen LogP contribution in [0.25, 0.3) is 10.9 Å². The van der Waals surface area contributed by atoms with Crippen LogP contribution in [0.4, 0.5) is 4.39 Å².